The molecule has 0 bridgehead atoms. The summed E-state index contributed by atoms with van der Waals surface area (Å²) in [6, 6.07) is 12.7. The molecule has 0 saturated heterocycles. The van der Waals surface area contributed by atoms with E-state index in [1.807, 2.05) is 26.1 Å². The average molecular weight is 227 g/mol. The van der Waals surface area contributed by atoms with Crippen LogP contribution >= 0.6 is 0 Å². The van der Waals surface area contributed by atoms with Crippen molar-refractivity contribution in [2.45, 2.75) is 33.6 Å². The Kier molecular flexibility index (Phi) is 5.41. The lowest BCUT2D eigenvalue weighted by atomic mass is 10.00. The molecule has 2 aromatic rings. The Labute approximate surface area is 105 Å². The van der Waals surface area contributed by atoms with Crippen LogP contribution in [0, 0.1) is 0 Å². The van der Waals surface area contributed by atoms with Gasteiger partial charge in [-0.05, 0) is 28.7 Å². The molecule has 0 amide bonds. The molecular formula is C16H21N. The standard InChI is InChI=1S/C14H15N.C2H6/c1-11(2)12-5-7-13(8-6-12)14-4-3-9-15-10-14;1-2/h3-11H,1-2H3;1-2H3. The first-order chi connectivity index (χ1) is 8.27. The molecule has 0 unspecified atom stereocenters. The molecule has 0 fully saturated rings. The van der Waals surface area contributed by atoms with E-state index < -0.39 is 0 Å². The van der Waals surface area contributed by atoms with Crippen molar-refractivity contribution >= 4 is 0 Å². The van der Waals surface area contributed by atoms with Gasteiger partial charge in [0.05, 0.1) is 0 Å². The van der Waals surface area contributed by atoms with E-state index >= 15 is 0 Å². The summed E-state index contributed by atoms with van der Waals surface area (Å²) in [5, 5.41) is 0. The van der Waals surface area contributed by atoms with Gasteiger partial charge in [-0.1, -0.05) is 58.0 Å². The first kappa shape index (κ1) is 13.4. The van der Waals surface area contributed by atoms with E-state index in [0.29, 0.717) is 5.92 Å². The average Bonchev–Trinajstić information content (AvgIpc) is 2.42. The van der Waals surface area contributed by atoms with Gasteiger partial charge in [-0.2, -0.15) is 0 Å². The second kappa shape index (κ2) is 6.85. The molecule has 1 aromatic carbocycles. The van der Waals surface area contributed by atoms with Crippen molar-refractivity contribution in [1.82, 2.24) is 4.98 Å². The van der Waals surface area contributed by atoms with Crippen molar-refractivity contribution in [1.29, 1.82) is 0 Å². The highest BCUT2D eigenvalue weighted by atomic mass is 14.6. The minimum atomic E-state index is 0.591. The van der Waals surface area contributed by atoms with E-state index in [1.165, 1.54) is 16.7 Å². The summed E-state index contributed by atoms with van der Waals surface area (Å²) in [5.41, 5.74) is 3.78. The Morgan fingerprint density at radius 2 is 1.53 bits per heavy atom. The second-order valence-corrected chi connectivity index (χ2v) is 4.02. The lowest BCUT2D eigenvalue weighted by molar-refractivity contribution is 0.867. The number of nitrogens with zero attached hydrogens (tertiary/aromatic N) is 1. The first-order valence-corrected chi connectivity index (χ1v) is 6.28. The maximum Gasteiger partial charge on any atom is 0.0346 e. The van der Waals surface area contributed by atoms with Gasteiger partial charge in [0.2, 0.25) is 0 Å². The second-order valence-electron chi connectivity index (χ2n) is 4.02. The largest absolute Gasteiger partial charge is 0.264 e. The van der Waals surface area contributed by atoms with Crippen LogP contribution < -0.4 is 0 Å². The van der Waals surface area contributed by atoms with E-state index in [0.717, 1.165) is 0 Å². The van der Waals surface area contributed by atoms with Crippen LogP contribution in [0.15, 0.2) is 48.8 Å². The van der Waals surface area contributed by atoms with Crippen LogP contribution in [0.3, 0.4) is 0 Å². The van der Waals surface area contributed by atoms with Crippen LogP contribution in [-0.4, -0.2) is 4.98 Å². The van der Waals surface area contributed by atoms with Crippen LogP contribution in [0.5, 0.6) is 0 Å². The zero-order valence-corrected chi connectivity index (χ0v) is 11.1. The maximum absolute atomic E-state index is 4.12. The number of rotatable bonds is 2. The minimum Gasteiger partial charge on any atom is -0.264 e. The maximum atomic E-state index is 4.12. The number of benzene rings is 1. The number of pyridine rings is 1. The Morgan fingerprint density at radius 3 is 2.00 bits per heavy atom. The van der Waals surface area contributed by atoms with Crippen molar-refractivity contribution in [3.63, 3.8) is 0 Å². The predicted molar refractivity (Wildman–Crippen MR) is 75.1 cm³/mol. The van der Waals surface area contributed by atoms with Crippen LogP contribution in [0.25, 0.3) is 11.1 Å². The smallest absolute Gasteiger partial charge is 0.0346 e. The van der Waals surface area contributed by atoms with Crippen LogP contribution in [0.4, 0.5) is 0 Å². The summed E-state index contributed by atoms with van der Waals surface area (Å²) in [6.45, 7) is 8.41. The van der Waals surface area contributed by atoms with Crippen LogP contribution in [-0.2, 0) is 0 Å². The SMILES string of the molecule is CC.CC(C)c1ccc(-c2cccnc2)cc1. The van der Waals surface area contributed by atoms with Crippen molar-refractivity contribution in [3.8, 4) is 11.1 Å². The number of hydrogen-bond acceptors (Lipinski definition) is 1. The fraction of sp³-hybridized carbons (Fsp3) is 0.312. The summed E-state index contributed by atoms with van der Waals surface area (Å²) in [5.74, 6) is 0.591. The predicted octanol–water partition coefficient (Wildman–Crippen LogP) is 4.90. The molecule has 0 atom stereocenters. The van der Waals surface area contributed by atoms with Gasteiger partial charge < -0.3 is 0 Å². The molecular weight excluding hydrogens is 206 g/mol. The Balaban J connectivity index is 0.000000686. The molecule has 0 N–H and O–H groups in total. The van der Waals surface area contributed by atoms with Gasteiger partial charge in [0.1, 0.15) is 0 Å². The van der Waals surface area contributed by atoms with E-state index in [-0.39, 0.29) is 0 Å². The zero-order chi connectivity index (χ0) is 12.7. The van der Waals surface area contributed by atoms with Crippen molar-refractivity contribution < 1.29 is 0 Å². The first-order valence-electron chi connectivity index (χ1n) is 6.28. The molecule has 1 heterocycles. The molecule has 0 spiro atoms. The fourth-order valence-corrected chi connectivity index (χ4v) is 1.59. The van der Waals surface area contributed by atoms with Gasteiger partial charge >= 0.3 is 0 Å². The molecule has 2 rings (SSSR count). The molecule has 90 valence electrons. The molecule has 17 heavy (non-hydrogen) atoms. The van der Waals surface area contributed by atoms with E-state index in [1.54, 1.807) is 6.20 Å². The molecule has 0 saturated carbocycles. The van der Waals surface area contributed by atoms with Gasteiger partial charge in [0.15, 0.2) is 0 Å². The van der Waals surface area contributed by atoms with Crippen molar-refractivity contribution in [2.75, 3.05) is 0 Å². The highest BCUT2D eigenvalue weighted by Crippen LogP contribution is 2.21. The highest BCUT2D eigenvalue weighted by Gasteiger charge is 2.00. The minimum absolute atomic E-state index is 0.591. The molecule has 1 aromatic heterocycles. The van der Waals surface area contributed by atoms with Crippen LogP contribution in [0.1, 0.15) is 39.2 Å². The third-order valence-electron chi connectivity index (χ3n) is 2.57. The lowest BCUT2D eigenvalue weighted by Crippen LogP contribution is -1.86. The summed E-state index contributed by atoms with van der Waals surface area (Å²) >= 11 is 0. The number of hydrogen-bond donors (Lipinski definition) is 0. The van der Waals surface area contributed by atoms with Gasteiger partial charge in [-0.25, -0.2) is 0 Å². The molecule has 0 aliphatic carbocycles. The monoisotopic (exact) mass is 227 g/mol. The Morgan fingerprint density at radius 1 is 0.882 bits per heavy atom. The molecule has 0 aliphatic heterocycles. The van der Waals surface area contributed by atoms with E-state index in [2.05, 4.69) is 49.2 Å². The summed E-state index contributed by atoms with van der Waals surface area (Å²) < 4.78 is 0. The Bertz CT molecular complexity index is 415. The molecule has 1 nitrogen and oxygen atoms in total. The third-order valence-corrected chi connectivity index (χ3v) is 2.57. The van der Waals surface area contributed by atoms with E-state index in [4.69, 9.17) is 0 Å². The summed E-state index contributed by atoms with van der Waals surface area (Å²) in [7, 11) is 0. The lowest BCUT2D eigenvalue weighted by Gasteiger charge is -2.06. The van der Waals surface area contributed by atoms with Crippen LogP contribution in [0.2, 0.25) is 0 Å². The normalized spacial score (nSPS) is 9.71. The number of aromatic nitrogens is 1. The van der Waals surface area contributed by atoms with Gasteiger partial charge in [-0.15, -0.1) is 0 Å². The molecule has 0 radical (unpaired) electrons. The van der Waals surface area contributed by atoms with Gasteiger partial charge in [-0.3, -0.25) is 4.98 Å². The van der Waals surface area contributed by atoms with Gasteiger partial charge in [0, 0.05) is 12.4 Å². The van der Waals surface area contributed by atoms with Crippen molar-refractivity contribution in [2.24, 2.45) is 0 Å². The van der Waals surface area contributed by atoms with Gasteiger partial charge in [0.25, 0.3) is 0 Å². The quantitative estimate of drug-likeness (QED) is 0.711. The molecule has 0 aliphatic rings. The molecule has 1 heteroatoms. The van der Waals surface area contributed by atoms with E-state index in [9.17, 15) is 0 Å². The van der Waals surface area contributed by atoms with Crippen molar-refractivity contribution in [3.05, 3.63) is 54.4 Å². The summed E-state index contributed by atoms with van der Waals surface area (Å²) in [6.07, 6.45) is 3.69. The fourth-order valence-electron chi connectivity index (χ4n) is 1.59. The zero-order valence-electron chi connectivity index (χ0n) is 11.1. The Hall–Kier alpha value is -1.63. The third kappa shape index (κ3) is 3.70. The summed E-state index contributed by atoms with van der Waals surface area (Å²) in [4.78, 5) is 4.12. The highest BCUT2D eigenvalue weighted by molar-refractivity contribution is 5.62. The topological polar surface area (TPSA) is 12.9 Å².